The monoisotopic (exact) mass is 724 g/mol. The Morgan fingerprint density at radius 2 is 1.59 bits per heavy atom. The van der Waals surface area contributed by atoms with Crippen molar-refractivity contribution in [2.24, 2.45) is 46.3 Å². The Morgan fingerprint density at radius 1 is 0.824 bits per heavy atom. The minimum absolute atomic E-state index is 0.0418. The third kappa shape index (κ3) is 5.66. The maximum absolute atomic E-state index is 11.1. The SMILES string of the molecule is C[C@@H]1CO[C@]2(C[C@@H]1O)O[C@H]1C[C@H]3[C@H]4CC=C5C[C@@H](O)C[C@@H](O[C@H]6OC[C@@H](O)[C@@H](O)[C@H]6O[C@@H]6O[C@@H](C)[C@H](O)[C@H](O)[C@@H]6O)[C@]5(C)[C@H]4CC[C@]3(C)[C@H]1[C@@H]2C. The van der Waals surface area contributed by atoms with Crippen LogP contribution in [0, 0.1) is 46.3 Å². The lowest BCUT2D eigenvalue weighted by Gasteiger charge is -2.60. The first-order chi connectivity index (χ1) is 24.1. The van der Waals surface area contributed by atoms with Crippen LogP contribution in [-0.2, 0) is 28.4 Å². The maximum atomic E-state index is 11.1. The van der Waals surface area contributed by atoms with Crippen molar-refractivity contribution in [3.05, 3.63) is 11.6 Å². The molecule has 4 aliphatic carbocycles. The van der Waals surface area contributed by atoms with Crippen LogP contribution in [0.4, 0.5) is 0 Å². The lowest BCUT2D eigenvalue weighted by Crippen LogP contribution is -2.63. The van der Waals surface area contributed by atoms with E-state index in [9.17, 15) is 35.7 Å². The van der Waals surface area contributed by atoms with Gasteiger partial charge in [0.1, 0.15) is 36.6 Å². The summed E-state index contributed by atoms with van der Waals surface area (Å²) in [5, 5.41) is 75.0. The summed E-state index contributed by atoms with van der Waals surface area (Å²) >= 11 is 0. The van der Waals surface area contributed by atoms with E-state index in [1.165, 1.54) is 12.5 Å². The molecule has 0 unspecified atom stereocenters. The van der Waals surface area contributed by atoms with Gasteiger partial charge in [0.25, 0.3) is 0 Å². The molecule has 0 radical (unpaired) electrons. The summed E-state index contributed by atoms with van der Waals surface area (Å²) in [4.78, 5) is 0. The quantitative estimate of drug-likeness (QED) is 0.203. The van der Waals surface area contributed by atoms with Crippen LogP contribution in [0.3, 0.4) is 0 Å². The molecule has 0 bridgehead atoms. The van der Waals surface area contributed by atoms with E-state index in [0.717, 1.165) is 25.7 Å². The van der Waals surface area contributed by atoms with Gasteiger partial charge >= 0.3 is 0 Å². The zero-order chi connectivity index (χ0) is 36.4. The first-order valence-electron chi connectivity index (χ1n) is 19.4. The van der Waals surface area contributed by atoms with Gasteiger partial charge in [0.15, 0.2) is 18.4 Å². The van der Waals surface area contributed by atoms with Crippen molar-refractivity contribution in [2.75, 3.05) is 13.2 Å². The minimum atomic E-state index is -1.62. The van der Waals surface area contributed by atoms with Crippen molar-refractivity contribution in [2.45, 2.75) is 165 Å². The fourth-order valence-corrected chi connectivity index (χ4v) is 12.4. The topological polar surface area (TPSA) is 197 Å². The first kappa shape index (κ1) is 37.2. The highest BCUT2D eigenvalue weighted by Gasteiger charge is 2.70. The number of hydrogen-bond acceptors (Lipinski definition) is 13. The number of allylic oxidation sites excluding steroid dienone is 1. The van der Waals surface area contributed by atoms with Crippen LogP contribution >= 0.6 is 0 Å². The van der Waals surface area contributed by atoms with E-state index >= 15 is 0 Å². The van der Waals surface area contributed by atoms with E-state index in [-0.39, 0.29) is 35.9 Å². The second kappa shape index (κ2) is 13.2. The third-order valence-electron chi connectivity index (χ3n) is 15.4. The average molecular weight is 725 g/mol. The molecule has 0 aromatic rings. The van der Waals surface area contributed by atoms with E-state index in [1.54, 1.807) is 0 Å². The van der Waals surface area contributed by atoms with Gasteiger partial charge in [-0.1, -0.05) is 39.3 Å². The molecule has 51 heavy (non-hydrogen) atoms. The second-order valence-corrected chi connectivity index (χ2v) is 18.0. The molecule has 4 heterocycles. The van der Waals surface area contributed by atoms with Crippen LogP contribution in [-0.4, -0.2) is 134 Å². The lowest BCUT2D eigenvalue weighted by molar-refractivity contribution is -0.362. The van der Waals surface area contributed by atoms with Crippen LogP contribution < -0.4 is 0 Å². The summed E-state index contributed by atoms with van der Waals surface area (Å²) in [5.41, 5.74) is 0.759. The third-order valence-corrected chi connectivity index (χ3v) is 15.4. The zero-order valence-electron chi connectivity index (χ0n) is 30.5. The number of hydrogen-bond donors (Lipinski definition) is 7. The highest BCUT2D eigenvalue weighted by molar-refractivity contribution is 5.29. The molecule has 0 aromatic carbocycles. The average Bonchev–Trinajstić information content (AvgIpc) is 3.53. The molecule has 1 spiro atoms. The second-order valence-electron chi connectivity index (χ2n) is 18.0. The molecule has 22 atom stereocenters. The zero-order valence-corrected chi connectivity index (χ0v) is 30.5. The van der Waals surface area contributed by atoms with Gasteiger partial charge in [-0.05, 0) is 68.1 Å². The number of aliphatic hydroxyl groups excluding tert-OH is 7. The molecule has 3 saturated carbocycles. The van der Waals surface area contributed by atoms with Crippen LogP contribution in [0.1, 0.15) is 79.6 Å². The molecule has 4 aliphatic heterocycles. The highest BCUT2D eigenvalue weighted by Crippen LogP contribution is 2.71. The first-order valence-corrected chi connectivity index (χ1v) is 19.4. The van der Waals surface area contributed by atoms with E-state index in [1.807, 2.05) is 6.92 Å². The Bertz CT molecular complexity index is 1330. The molecule has 8 aliphatic rings. The van der Waals surface area contributed by atoms with Crippen molar-refractivity contribution in [3.63, 3.8) is 0 Å². The molecule has 7 N–H and O–H groups in total. The predicted octanol–water partition coefficient (Wildman–Crippen LogP) is 0.971. The molecule has 7 fully saturated rings. The van der Waals surface area contributed by atoms with E-state index in [2.05, 4.69) is 26.8 Å². The molecule has 4 saturated heterocycles. The Morgan fingerprint density at radius 3 is 2.33 bits per heavy atom. The van der Waals surface area contributed by atoms with Crippen LogP contribution in [0.2, 0.25) is 0 Å². The normalized spacial score (nSPS) is 59.8. The van der Waals surface area contributed by atoms with E-state index in [0.29, 0.717) is 43.6 Å². The summed E-state index contributed by atoms with van der Waals surface area (Å²) in [7, 11) is 0. The van der Waals surface area contributed by atoms with Crippen molar-refractivity contribution in [3.8, 4) is 0 Å². The number of fused-ring (bicyclic) bond motifs is 7. The van der Waals surface area contributed by atoms with Gasteiger partial charge in [-0.15, -0.1) is 0 Å². The van der Waals surface area contributed by atoms with Crippen molar-refractivity contribution in [1.29, 1.82) is 0 Å². The van der Waals surface area contributed by atoms with Gasteiger partial charge in [0.2, 0.25) is 0 Å². The summed E-state index contributed by atoms with van der Waals surface area (Å²) in [5.74, 6) is 0.859. The summed E-state index contributed by atoms with van der Waals surface area (Å²) < 4.78 is 37.8. The molecule has 0 amide bonds. The summed E-state index contributed by atoms with van der Waals surface area (Å²) in [6.07, 6.45) is -5.94. The Balaban J connectivity index is 1.04. The van der Waals surface area contributed by atoms with Crippen LogP contribution in [0.25, 0.3) is 0 Å². The fraction of sp³-hybridized carbons (Fsp3) is 0.947. The van der Waals surface area contributed by atoms with Crippen molar-refractivity contribution < 1.29 is 64.2 Å². The number of aliphatic hydroxyl groups is 7. The van der Waals surface area contributed by atoms with Crippen LogP contribution in [0.5, 0.6) is 0 Å². The van der Waals surface area contributed by atoms with Crippen molar-refractivity contribution in [1.82, 2.24) is 0 Å². The fourth-order valence-electron chi connectivity index (χ4n) is 12.4. The Hall–Kier alpha value is -0.780. The van der Waals surface area contributed by atoms with Crippen molar-refractivity contribution >= 4 is 0 Å². The summed E-state index contributed by atoms with van der Waals surface area (Å²) in [6, 6.07) is 0. The molecule has 0 aromatic heterocycles. The predicted molar refractivity (Wildman–Crippen MR) is 178 cm³/mol. The smallest absolute Gasteiger partial charge is 0.187 e. The number of ether oxygens (including phenoxy) is 6. The maximum Gasteiger partial charge on any atom is 0.187 e. The Labute approximate surface area is 300 Å². The minimum Gasteiger partial charge on any atom is -0.393 e. The van der Waals surface area contributed by atoms with Crippen LogP contribution in [0.15, 0.2) is 11.6 Å². The molecule has 8 rings (SSSR count). The number of rotatable bonds is 4. The molecular formula is C38H60O13. The molecule has 13 heteroatoms. The molecule has 13 nitrogen and oxygen atoms in total. The van der Waals surface area contributed by atoms with E-state index < -0.39 is 84.8 Å². The van der Waals surface area contributed by atoms with Gasteiger partial charge < -0.3 is 64.2 Å². The Kier molecular flexibility index (Phi) is 9.60. The van der Waals surface area contributed by atoms with Gasteiger partial charge in [-0.3, -0.25) is 0 Å². The van der Waals surface area contributed by atoms with Gasteiger partial charge in [-0.25, -0.2) is 0 Å². The van der Waals surface area contributed by atoms with Gasteiger partial charge in [0.05, 0.1) is 43.7 Å². The molecular weight excluding hydrogens is 664 g/mol. The summed E-state index contributed by atoms with van der Waals surface area (Å²) in [6.45, 7) is 10.8. The highest BCUT2D eigenvalue weighted by atomic mass is 16.8. The van der Waals surface area contributed by atoms with Gasteiger partial charge in [-0.2, -0.15) is 0 Å². The largest absolute Gasteiger partial charge is 0.393 e. The van der Waals surface area contributed by atoms with Gasteiger partial charge in [0, 0.05) is 30.1 Å². The van der Waals surface area contributed by atoms with E-state index in [4.69, 9.17) is 28.4 Å². The standard InChI is InChI=1S/C38H60O13/c1-16-14-47-38(13-24(16)40)17(2)28-26(51-38)12-23-21-7-6-19-10-20(39)11-27(37(19,5)22(21)8-9-36(23,28)4)49-35-33(30(43)25(41)15-46-35)50-34-32(45)31(44)29(42)18(3)48-34/h6,16-18,20-35,39-45H,7-15H2,1-5H3/t16-,17+,18+,20-,21+,22+,23+,24+,25-,26+,27-,28+,29+,30-,31+,32+,33-,34+,35-,36+,37+,38-/m1/s1. The molecule has 290 valence electrons. The lowest BCUT2D eigenvalue weighted by atomic mass is 9.46.